The van der Waals surface area contributed by atoms with Crippen LogP contribution < -0.4 is 5.32 Å². The molecule has 0 aliphatic heterocycles. The van der Waals surface area contributed by atoms with Gasteiger partial charge >= 0.3 is 0 Å². The van der Waals surface area contributed by atoms with E-state index in [2.05, 4.69) is 43.5 Å². The first kappa shape index (κ1) is 11.5. The van der Waals surface area contributed by atoms with E-state index in [1.165, 1.54) is 12.8 Å². The highest BCUT2D eigenvalue weighted by atomic mass is 15.0. The van der Waals surface area contributed by atoms with Crippen LogP contribution in [0.3, 0.4) is 0 Å². The molecule has 1 rings (SSSR count). The van der Waals surface area contributed by atoms with Gasteiger partial charge < -0.3 is 5.32 Å². The Morgan fingerprint density at radius 1 is 1.43 bits per heavy atom. The molecule has 0 aromatic carbocycles. The van der Waals surface area contributed by atoms with E-state index in [0.717, 1.165) is 12.8 Å². The predicted molar refractivity (Wildman–Crippen MR) is 62.0 cm³/mol. The zero-order valence-corrected chi connectivity index (χ0v) is 9.64. The molecule has 1 saturated carbocycles. The van der Waals surface area contributed by atoms with Gasteiger partial charge in [-0.05, 0) is 45.1 Å². The fourth-order valence-electron chi connectivity index (χ4n) is 2.18. The van der Waals surface area contributed by atoms with Gasteiger partial charge in [-0.3, -0.25) is 0 Å². The lowest BCUT2D eigenvalue weighted by molar-refractivity contribution is 0.261. The highest BCUT2D eigenvalue weighted by Gasteiger charge is 2.30. The largest absolute Gasteiger partial charge is 0.312 e. The molecule has 1 N–H and O–H groups in total. The molecule has 2 nitrogen and oxygen atoms in total. The van der Waals surface area contributed by atoms with Crippen LogP contribution in [-0.2, 0) is 0 Å². The summed E-state index contributed by atoms with van der Waals surface area (Å²) in [5.41, 5.74) is 0.108. The highest BCUT2D eigenvalue weighted by Crippen LogP contribution is 2.31. The summed E-state index contributed by atoms with van der Waals surface area (Å²) < 4.78 is 0. The fourth-order valence-corrected chi connectivity index (χ4v) is 2.18. The van der Waals surface area contributed by atoms with E-state index in [-0.39, 0.29) is 5.54 Å². The maximum atomic E-state index is 4.34. The molecular weight excluding hydrogens is 172 g/mol. The fraction of sp³-hybridized carbons (Fsp3) is 0.833. The number of hydrogen-bond acceptors (Lipinski definition) is 2. The summed E-state index contributed by atoms with van der Waals surface area (Å²) in [6.45, 7) is 10.2. The molecule has 1 fully saturated rings. The van der Waals surface area contributed by atoms with Crippen molar-refractivity contribution in [2.24, 2.45) is 4.99 Å². The lowest BCUT2D eigenvalue weighted by Gasteiger charge is -2.34. The molecule has 0 heterocycles. The van der Waals surface area contributed by atoms with E-state index >= 15 is 0 Å². The van der Waals surface area contributed by atoms with Crippen LogP contribution in [0, 0.1) is 0 Å². The molecule has 0 saturated heterocycles. The molecule has 0 amide bonds. The zero-order valence-electron chi connectivity index (χ0n) is 9.64. The summed E-state index contributed by atoms with van der Waals surface area (Å²) in [4.78, 5) is 4.34. The van der Waals surface area contributed by atoms with Gasteiger partial charge in [-0.15, -0.1) is 0 Å². The van der Waals surface area contributed by atoms with Crippen molar-refractivity contribution < 1.29 is 0 Å². The van der Waals surface area contributed by atoms with Crippen molar-refractivity contribution >= 4 is 5.87 Å². The van der Waals surface area contributed by atoms with Crippen molar-refractivity contribution in [1.29, 1.82) is 0 Å². The second kappa shape index (κ2) is 4.77. The summed E-state index contributed by atoms with van der Waals surface area (Å²) in [6.07, 6.45) is 4.75. The third-order valence-electron chi connectivity index (χ3n) is 2.98. The Balaban J connectivity index is 2.41. The molecule has 0 unspecified atom stereocenters. The third-order valence-corrected chi connectivity index (χ3v) is 2.98. The second-order valence-corrected chi connectivity index (χ2v) is 4.86. The minimum Gasteiger partial charge on any atom is -0.312 e. The lowest BCUT2D eigenvalue weighted by Crippen LogP contribution is -2.41. The molecule has 0 bridgehead atoms. The Hall–Kier alpha value is -0.590. The van der Waals surface area contributed by atoms with Gasteiger partial charge in [0.25, 0.3) is 0 Å². The van der Waals surface area contributed by atoms with Gasteiger partial charge in [-0.25, -0.2) is 4.99 Å². The van der Waals surface area contributed by atoms with E-state index < -0.39 is 0 Å². The molecule has 0 radical (unpaired) electrons. The first-order valence-electron chi connectivity index (χ1n) is 5.56. The SMILES string of the molecule is C=C=NC1(C)CCC(NC(C)C)CC1. The van der Waals surface area contributed by atoms with Crippen molar-refractivity contribution in [2.75, 3.05) is 0 Å². The van der Waals surface area contributed by atoms with Crippen LogP contribution in [0.25, 0.3) is 0 Å². The summed E-state index contributed by atoms with van der Waals surface area (Å²) in [7, 11) is 0. The van der Waals surface area contributed by atoms with Gasteiger partial charge in [-0.2, -0.15) is 0 Å². The van der Waals surface area contributed by atoms with Crippen molar-refractivity contribution in [1.82, 2.24) is 5.32 Å². The van der Waals surface area contributed by atoms with E-state index in [4.69, 9.17) is 0 Å². The molecule has 14 heavy (non-hydrogen) atoms. The smallest absolute Gasteiger partial charge is 0.0675 e. The molecule has 1 aliphatic rings. The van der Waals surface area contributed by atoms with Crippen LogP contribution in [0.1, 0.15) is 46.5 Å². The Bertz CT molecular complexity index is 218. The van der Waals surface area contributed by atoms with Gasteiger partial charge in [0.15, 0.2) is 0 Å². The van der Waals surface area contributed by atoms with Crippen LogP contribution >= 0.6 is 0 Å². The van der Waals surface area contributed by atoms with Crippen LogP contribution in [0.15, 0.2) is 11.6 Å². The van der Waals surface area contributed by atoms with Gasteiger partial charge in [0, 0.05) is 12.1 Å². The maximum Gasteiger partial charge on any atom is 0.0675 e. The first-order valence-corrected chi connectivity index (χ1v) is 5.56. The Morgan fingerprint density at radius 3 is 2.43 bits per heavy atom. The highest BCUT2D eigenvalue weighted by molar-refractivity contribution is 5.47. The summed E-state index contributed by atoms with van der Waals surface area (Å²) in [6, 6.07) is 1.27. The minimum absolute atomic E-state index is 0.108. The number of nitrogens with zero attached hydrogens (tertiary/aromatic N) is 1. The van der Waals surface area contributed by atoms with E-state index in [9.17, 15) is 0 Å². The monoisotopic (exact) mass is 194 g/mol. The summed E-state index contributed by atoms with van der Waals surface area (Å²) >= 11 is 0. The van der Waals surface area contributed by atoms with Crippen LogP contribution in [0.2, 0.25) is 0 Å². The number of rotatable bonds is 3. The number of nitrogens with one attached hydrogen (secondary N) is 1. The zero-order chi connectivity index (χ0) is 10.6. The van der Waals surface area contributed by atoms with E-state index in [1.807, 2.05) is 0 Å². The minimum atomic E-state index is 0.108. The normalized spacial score (nSPS) is 32.7. The molecular formula is C12H22N2. The lowest BCUT2D eigenvalue weighted by atomic mass is 9.81. The summed E-state index contributed by atoms with van der Waals surface area (Å²) in [5, 5.41) is 3.58. The van der Waals surface area contributed by atoms with Crippen molar-refractivity contribution in [2.45, 2.75) is 64.1 Å². The summed E-state index contributed by atoms with van der Waals surface area (Å²) in [5.74, 6) is 2.69. The molecule has 2 heteroatoms. The Kier molecular flexibility index (Phi) is 3.91. The van der Waals surface area contributed by atoms with Crippen molar-refractivity contribution in [3.05, 3.63) is 6.58 Å². The van der Waals surface area contributed by atoms with Crippen LogP contribution in [0.4, 0.5) is 0 Å². The number of hydrogen-bond donors (Lipinski definition) is 1. The third kappa shape index (κ3) is 3.28. The average molecular weight is 194 g/mol. The molecule has 0 aromatic rings. The predicted octanol–water partition coefficient (Wildman–Crippen LogP) is 2.54. The van der Waals surface area contributed by atoms with E-state index in [0.29, 0.717) is 12.1 Å². The topological polar surface area (TPSA) is 24.4 Å². The van der Waals surface area contributed by atoms with Gasteiger partial charge in [0.05, 0.1) is 5.54 Å². The van der Waals surface area contributed by atoms with Crippen molar-refractivity contribution in [3.8, 4) is 0 Å². The molecule has 1 aliphatic carbocycles. The average Bonchev–Trinajstić information content (AvgIpc) is 2.09. The Morgan fingerprint density at radius 2 is 2.00 bits per heavy atom. The second-order valence-electron chi connectivity index (χ2n) is 4.86. The van der Waals surface area contributed by atoms with Gasteiger partial charge in [-0.1, -0.05) is 13.8 Å². The molecule has 0 spiro atoms. The van der Waals surface area contributed by atoms with Gasteiger partial charge in [0.1, 0.15) is 0 Å². The van der Waals surface area contributed by atoms with Gasteiger partial charge in [0.2, 0.25) is 0 Å². The van der Waals surface area contributed by atoms with Crippen molar-refractivity contribution in [3.63, 3.8) is 0 Å². The van der Waals surface area contributed by atoms with E-state index in [1.54, 1.807) is 0 Å². The van der Waals surface area contributed by atoms with Crippen LogP contribution in [0.5, 0.6) is 0 Å². The molecule has 0 atom stereocenters. The first-order chi connectivity index (χ1) is 6.56. The maximum absolute atomic E-state index is 4.34. The standard InChI is InChI=1S/C12H22N2/c1-5-13-12(4)8-6-11(7-9-12)14-10(2)3/h10-11,14H,1,6-9H2,2-4H3. The molecule has 80 valence electrons. The quantitative estimate of drug-likeness (QED) is 0.686. The van der Waals surface area contributed by atoms with Crippen LogP contribution in [-0.4, -0.2) is 23.5 Å². The number of aliphatic imine (C=N–C) groups is 1. The molecule has 0 aromatic heterocycles. The Labute approximate surface area is 87.5 Å².